The molecule has 5 nitrogen and oxygen atoms in total. The molecule has 0 N–H and O–H groups in total. The number of rotatable bonds is 2. The SMILES string of the molecule is Cc1cc(-c2nn3c(-c4ccccc4)nnc3s2)c2cc(Br)ccc2n1. The van der Waals surface area contributed by atoms with E-state index in [0.717, 1.165) is 48.0 Å². The Balaban J connectivity index is 1.75. The number of pyridine rings is 1. The van der Waals surface area contributed by atoms with Crippen molar-refractivity contribution in [1.29, 1.82) is 0 Å². The molecule has 0 spiro atoms. The van der Waals surface area contributed by atoms with Crippen LogP contribution in [0.4, 0.5) is 0 Å². The molecule has 0 unspecified atom stereocenters. The summed E-state index contributed by atoms with van der Waals surface area (Å²) in [5.74, 6) is 0.749. The number of aryl methyl sites for hydroxylation is 1. The fourth-order valence-electron chi connectivity index (χ4n) is 3.00. The van der Waals surface area contributed by atoms with Gasteiger partial charge < -0.3 is 0 Å². The number of fused-ring (bicyclic) bond motifs is 2. The van der Waals surface area contributed by atoms with Gasteiger partial charge in [0.25, 0.3) is 0 Å². The van der Waals surface area contributed by atoms with Gasteiger partial charge in [-0.1, -0.05) is 57.6 Å². The summed E-state index contributed by atoms with van der Waals surface area (Å²) in [6.45, 7) is 2.00. The van der Waals surface area contributed by atoms with Gasteiger partial charge >= 0.3 is 0 Å². The summed E-state index contributed by atoms with van der Waals surface area (Å²) >= 11 is 5.09. The smallest absolute Gasteiger partial charge is 0.235 e. The third-order valence-corrected chi connectivity index (χ3v) is 5.58. The van der Waals surface area contributed by atoms with Gasteiger partial charge in [0.15, 0.2) is 5.82 Å². The highest BCUT2D eigenvalue weighted by molar-refractivity contribution is 9.10. The molecule has 0 radical (unpaired) electrons. The van der Waals surface area contributed by atoms with Crippen LogP contribution in [0.1, 0.15) is 5.69 Å². The number of hydrogen-bond acceptors (Lipinski definition) is 5. The van der Waals surface area contributed by atoms with E-state index in [-0.39, 0.29) is 0 Å². The lowest BCUT2D eigenvalue weighted by atomic mass is 10.1. The van der Waals surface area contributed by atoms with Gasteiger partial charge in [-0.25, -0.2) is 0 Å². The largest absolute Gasteiger partial charge is 0.253 e. The first-order valence-corrected chi connectivity index (χ1v) is 9.65. The van der Waals surface area contributed by atoms with Crippen molar-refractivity contribution in [2.24, 2.45) is 0 Å². The van der Waals surface area contributed by atoms with Crippen LogP contribution in [0.2, 0.25) is 0 Å². The van der Waals surface area contributed by atoms with Gasteiger partial charge in [0.05, 0.1) is 5.52 Å². The Bertz CT molecular complexity index is 1260. The fraction of sp³-hybridized carbons (Fsp3) is 0.0526. The summed E-state index contributed by atoms with van der Waals surface area (Å²) in [6.07, 6.45) is 0. The lowest BCUT2D eigenvalue weighted by Gasteiger charge is -2.05. The van der Waals surface area contributed by atoms with Crippen LogP contribution in [0, 0.1) is 6.92 Å². The number of benzene rings is 2. The zero-order chi connectivity index (χ0) is 17.7. The highest BCUT2D eigenvalue weighted by atomic mass is 79.9. The van der Waals surface area contributed by atoms with Crippen molar-refractivity contribution in [3.63, 3.8) is 0 Å². The summed E-state index contributed by atoms with van der Waals surface area (Å²) in [4.78, 5) is 5.41. The summed E-state index contributed by atoms with van der Waals surface area (Å²) in [7, 11) is 0. The molecule has 0 saturated heterocycles. The maximum Gasteiger partial charge on any atom is 0.235 e. The van der Waals surface area contributed by atoms with E-state index < -0.39 is 0 Å². The molecular weight excluding hydrogens is 410 g/mol. The zero-order valence-electron chi connectivity index (χ0n) is 13.7. The number of hydrogen-bond donors (Lipinski definition) is 0. The molecule has 0 atom stereocenters. The van der Waals surface area contributed by atoms with Gasteiger partial charge in [-0.15, -0.1) is 10.2 Å². The van der Waals surface area contributed by atoms with Gasteiger partial charge in [0.2, 0.25) is 4.96 Å². The Morgan fingerprint density at radius 1 is 1.00 bits per heavy atom. The zero-order valence-corrected chi connectivity index (χ0v) is 16.1. The second kappa shape index (κ2) is 5.96. The lowest BCUT2D eigenvalue weighted by molar-refractivity contribution is 0.971. The van der Waals surface area contributed by atoms with Crippen molar-refractivity contribution >= 4 is 43.1 Å². The van der Waals surface area contributed by atoms with Crippen molar-refractivity contribution in [2.45, 2.75) is 6.92 Å². The van der Waals surface area contributed by atoms with Crippen molar-refractivity contribution in [3.05, 3.63) is 64.8 Å². The minimum absolute atomic E-state index is 0.749. The standard InChI is InChI=1S/C19H12BrN5S/c1-11-9-15(14-10-13(20)7-8-16(14)21-11)18-24-25-17(22-23-19(25)26-18)12-5-3-2-4-6-12/h2-10H,1H3. The first-order valence-electron chi connectivity index (χ1n) is 8.04. The second-order valence-electron chi connectivity index (χ2n) is 5.96. The Kier molecular flexibility index (Phi) is 3.58. The summed E-state index contributed by atoms with van der Waals surface area (Å²) in [5, 5.41) is 15.4. The first-order chi connectivity index (χ1) is 12.7. The van der Waals surface area contributed by atoms with Crippen molar-refractivity contribution < 1.29 is 0 Å². The van der Waals surface area contributed by atoms with Crippen molar-refractivity contribution in [3.8, 4) is 22.0 Å². The van der Waals surface area contributed by atoms with E-state index >= 15 is 0 Å². The molecule has 26 heavy (non-hydrogen) atoms. The number of halogens is 1. The Hall–Kier alpha value is -2.64. The van der Waals surface area contributed by atoms with Crippen LogP contribution in [0.5, 0.6) is 0 Å². The summed E-state index contributed by atoms with van der Waals surface area (Å²) < 4.78 is 2.83. The number of nitrogens with zero attached hydrogens (tertiary/aromatic N) is 5. The average molecular weight is 422 g/mol. The average Bonchev–Trinajstić information content (AvgIpc) is 3.23. The Labute approximate surface area is 161 Å². The highest BCUT2D eigenvalue weighted by Crippen LogP contribution is 2.34. The molecule has 2 aromatic carbocycles. The topological polar surface area (TPSA) is 56.0 Å². The molecule has 0 aliphatic rings. The molecule has 0 aliphatic carbocycles. The Morgan fingerprint density at radius 2 is 1.85 bits per heavy atom. The predicted octanol–water partition coefficient (Wildman–Crippen LogP) is 5.14. The van der Waals surface area contributed by atoms with Crippen molar-refractivity contribution in [1.82, 2.24) is 24.8 Å². The first kappa shape index (κ1) is 15.6. The van der Waals surface area contributed by atoms with Gasteiger partial charge in [-0.2, -0.15) is 9.61 Å². The van der Waals surface area contributed by atoms with Crippen LogP contribution in [0.3, 0.4) is 0 Å². The van der Waals surface area contributed by atoms with Crippen molar-refractivity contribution in [2.75, 3.05) is 0 Å². The van der Waals surface area contributed by atoms with Gasteiger partial charge in [0, 0.05) is 26.7 Å². The summed E-state index contributed by atoms with van der Waals surface area (Å²) in [6, 6.07) is 18.2. The minimum Gasteiger partial charge on any atom is -0.253 e. The molecule has 5 rings (SSSR count). The monoisotopic (exact) mass is 421 g/mol. The van der Waals surface area contributed by atoms with Crippen LogP contribution in [-0.4, -0.2) is 24.8 Å². The van der Waals surface area contributed by atoms with E-state index in [0.29, 0.717) is 0 Å². The maximum atomic E-state index is 4.81. The second-order valence-corrected chi connectivity index (χ2v) is 7.84. The molecule has 0 bridgehead atoms. The van der Waals surface area contributed by atoms with E-state index in [1.54, 1.807) is 0 Å². The molecule has 0 saturated carbocycles. The molecule has 3 aromatic heterocycles. The molecule has 0 amide bonds. The van der Waals surface area contributed by atoms with Gasteiger partial charge in [0.1, 0.15) is 5.01 Å². The molecule has 0 fully saturated rings. The predicted molar refractivity (Wildman–Crippen MR) is 107 cm³/mol. The lowest BCUT2D eigenvalue weighted by Crippen LogP contribution is -1.92. The molecule has 0 aliphatic heterocycles. The molecule has 126 valence electrons. The van der Waals surface area contributed by atoms with E-state index in [1.165, 1.54) is 11.3 Å². The number of aromatic nitrogens is 5. The van der Waals surface area contributed by atoms with Crippen LogP contribution >= 0.6 is 27.3 Å². The van der Waals surface area contributed by atoms with Crippen LogP contribution in [0.25, 0.3) is 37.8 Å². The van der Waals surface area contributed by atoms with Gasteiger partial charge in [-0.05, 0) is 31.2 Å². The van der Waals surface area contributed by atoms with E-state index in [9.17, 15) is 0 Å². The highest BCUT2D eigenvalue weighted by Gasteiger charge is 2.16. The third kappa shape index (κ3) is 2.51. The van der Waals surface area contributed by atoms with E-state index in [2.05, 4.69) is 43.2 Å². The minimum atomic E-state index is 0.749. The normalized spacial score (nSPS) is 11.5. The maximum absolute atomic E-state index is 4.81. The van der Waals surface area contributed by atoms with E-state index in [4.69, 9.17) is 5.10 Å². The summed E-state index contributed by atoms with van der Waals surface area (Å²) in [5.41, 5.74) is 3.97. The van der Waals surface area contributed by atoms with Crippen LogP contribution < -0.4 is 0 Å². The quantitative estimate of drug-likeness (QED) is 0.395. The molecular formula is C19H12BrN5S. The molecule has 5 aromatic rings. The fourth-order valence-corrected chi connectivity index (χ4v) is 4.23. The van der Waals surface area contributed by atoms with Crippen LogP contribution in [-0.2, 0) is 0 Å². The van der Waals surface area contributed by atoms with E-state index in [1.807, 2.05) is 53.9 Å². The third-order valence-electron chi connectivity index (χ3n) is 4.15. The molecule has 7 heteroatoms. The Morgan fingerprint density at radius 3 is 2.69 bits per heavy atom. The van der Waals surface area contributed by atoms with Crippen LogP contribution in [0.15, 0.2) is 59.1 Å². The van der Waals surface area contributed by atoms with Gasteiger partial charge in [-0.3, -0.25) is 4.98 Å². The molecule has 3 heterocycles.